The summed E-state index contributed by atoms with van der Waals surface area (Å²) < 4.78 is 7.44. The fourth-order valence-corrected chi connectivity index (χ4v) is 4.11. The second-order valence-corrected chi connectivity index (χ2v) is 7.83. The Balaban J connectivity index is 1.32. The number of rotatable bonds is 5. The summed E-state index contributed by atoms with van der Waals surface area (Å²) >= 11 is 0. The van der Waals surface area contributed by atoms with Crippen LogP contribution in [0.2, 0.25) is 0 Å². The summed E-state index contributed by atoms with van der Waals surface area (Å²) in [4.78, 5) is 28.6. The lowest BCUT2D eigenvalue weighted by atomic mass is 9.91. The van der Waals surface area contributed by atoms with Crippen LogP contribution in [0, 0.1) is 0 Å². The second kappa shape index (κ2) is 7.66. The molecule has 0 radical (unpaired) electrons. The predicted molar refractivity (Wildman–Crippen MR) is 104 cm³/mol. The first-order valence-electron chi connectivity index (χ1n) is 9.83. The Hall–Kier alpha value is -2.83. The zero-order chi connectivity index (χ0) is 19.6. The molecular weight excluding hydrogens is 356 g/mol. The highest BCUT2D eigenvalue weighted by atomic mass is 16.6. The molecule has 1 aromatic heterocycles. The van der Waals surface area contributed by atoms with Crippen molar-refractivity contribution in [3.63, 3.8) is 0 Å². The van der Waals surface area contributed by atoms with Crippen molar-refractivity contribution in [1.29, 1.82) is 0 Å². The molecule has 0 aliphatic carbocycles. The zero-order valence-corrected chi connectivity index (χ0v) is 16.2. The van der Waals surface area contributed by atoms with Crippen LogP contribution in [0.1, 0.15) is 31.2 Å². The SMILES string of the molecule is C[C@H](CN1CC2(CCN(C(=O)Cn3cccn3)CC2)OC1=O)c1ccccc1. The Labute approximate surface area is 164 Å². The van der Waals surface area contributed by atoms with Crippen molar-refractivity contribution in [2.45, 2.75) is 37.8 Å². The van der Waals surface area contributed by atoms with Gasteiger partial charge in [0.2, 0.25) is 5.91 Å². The van der Waals surface area contributed by atoms with E-state index in [1.54, 1.807) is 17.1 Å². The summed E-state index contributed by atoms with van der Waals surface area (Å²) in [5.41, 5.74) is 0.756. The third-order valence-corrected chi connectivity index (χ3v) is 5.79. The Bertz CT molecular complexity index is 813. The van der Waals surface area contributed by atoms with Crippen LogP contribution in [0.15, 0.2) is 48.8 Å². The molecule has 7 nitrogen and oxygen atoms in total. The Morgan fingerprint density at radius 1 is 1.21 bits per heavy atom. The number of carbonyl (C=O) groups is 2. The molecule has 3 heterocycles. The van der Waals surface area contributed by atoms with Gasteiger partial charge in [0.25, 0.3) is 0 Å². The van der Waals surface area contributed by atoms with Crippen LogP contribution in [0.3, 0.4) is 0 Å². The normalized spacial score (nSPS) is 19.7. The van der Waals surface area contributed by atoms with Crippen molar-refractivity contribution in [2.24, 2.45) is 0 Å². The summed E-state index contributed by atoms with van der Waals surface area (Å²) in [6.45, 7) is 4.84. The molecular formula is C21H26N4O3. The molecule has 0 bridgehead atoms. The molecule has 28 heavy (non-hydrogen) atoms. The van der Waals surface area contributed by atoms with E-state index < -0.39 is 5.60 Å². The fraction of sp³-hybridized carbons (Fsp3) is 0.476. The van der Waals surface area contributed by atoms with Crippen LogP contribution < -0.4 is 0 Å². The van der Waals surface area contributed by atoms with Gasteiger partial charge in [0.15, 0.2) is 0 Å². The fourth-order valence-electron chi connectivity index (χ4n) is 4.11. The largest absolute Gasteiger partial charge is 0.441 e. The van der Waals surface area contributed by atoms with E-state index in [2.05, 4.69) is 24.2 Å². The maximum atomic E-state index is 12.5. The number of nitrogens with zero attached hydrogens (tertiary/aromatic N) is 4. The van der Waals surface area contributed by atoms with Gasteiger partial charge in [0.1, 0.15) is 12.1 Å². The van der Waals surface area contributed by atoms with Crippen LogP contribution in [0.4, 0.5) is 4.79 Å². The number of amides is 2. The first-order chi connectivity index (χ1) is 13.5. The van der Waals surface area contributed by atoms with Gasteiger partial charge in [0.05, 0.1) is 6.54 Å². The number of hydrogen-bond donors (Lipinski definition) is 0. The maximum absolute atomic E-state index is 12.5. The molecule has 2 aliphatic rings. The molecule has 2 aliphatic heterocycles. The van der Waals surface area contributed by atoms with Gasteiger partial charge in [-0.15, -0.1) is 0 Å². The van der Waals surface area contributed by atoms with E-state index in [9.17, 15) is 9.59 Å². The van der Waals surface area contributed by atoms with Crippen molar-refractivity contribution in [2.75, 3.05) is 26.2 Å². The van der Waals surface area contributed by atoms with Gasteiger partial charge < -0.3 is 14.5 Å². The average molecular weight is 382 g/mol. The molecule has 0 saturated carbocycles. The number of piperidine rings is 1. The lowest BCUT2D eigenvalue weighted by Gasteiger charge is -2.37. The minimum atomic E-state index is -0.462. The van der Waals surface area contributed by atoms with Gasteiger partial charge in [-0.05, 0) is 17.5 Å². The van der Waals surface area contributed by atoms with Crippen molar-refractivity contribution in [3.8, 4) is 0 Å². The van der Waals surface area contributed by atoms with E-state index in [0.29, 0.717) is 39.0 Å². The minimum absolute atomic E-state index is 0.0532. The van der Waals surface area contributed by atoms with E-state index in [1.807, 2.05) is 34.1 Å². The van der Waals surface area contributed by atoms with Crippen LogP contribution in [0.5, 0.6) is 0 Å². The highest BCUT2D eigenvalue weighted by Gasteiger charge is 2.47. The van der Waals surface area contributed by atoms with E-state index in [-0.39, 0.29) is 24.5 Å². The number of ether oxygens (including phenoxy) is 1. The summed E-state index contributed by atoms with van der Waals surface area (Å²) in [7, 11) is 0. The molecule has 7 heteroatoms. The molecule has 4 rings (SSSR count). The average Bonchev–Trinajstić information content (AvgIpc) is 3.31. The van der Waals surface area contributed by atoms with E-state index in [4.69, 9.17) is 4.74 Å². The Morgan fingerprint density at radius 2 is 1.96 bits per heavy atom. The topological polar surface area (TPSA) is 67.7 Å². The molecule has 2 fully saturated rings. The van der Waals surface area contributed by atoms with Gasteiger partial charge in [-0.2, -0.15) is 5.10 Å². The molecule has 0 N–H and O–H groups in total. The maximum Gasteiger partial charge on any atom is 0.410 e. The van der Waals surface area contributed by atoms with Gasteiger partial charge >= 0.3 is 6.09 Å². The first-order valence-corrected chi connectivity index (χ1v) is 9.83. The van der Waals surface area contributed by atoms with Crippen molar-refractivity contribution < 1.29 is 14.3 Å². The third-order valence-electron chi connectivity index (χ3n) is 5.79. The van der Waals surface area contributed by atoms with Crippen LogP contribution >= 0.6 is 0 Å². The third kappa shape index (κ3) is 3.88. The predicted octanol–water partition coefficient (Wildman–Crippen LogP) is 2.50. The highest BCUT2D eigenvalue weighted by Crippen LogP contribution is 2.34. The van der Waals surface area contributed by atoms with Gasteiger partial charge in [-0.1, -0.05) is 37.3 Å². The second-order valence-electron chi connectivity index (χ2n) is 7.83. The van der Waals surface area contributed by atoms with Crippen molar-refractivity contribution in [3.05, 3.63) is 54.4 Å². The van der Waals surface area contributed by atoms with Crippen molar-refractivity contribution >= 4 is 12.0 Å². The monoisotopic (exact) mass is 382 g/mol. The van der Waals surface area contributed by atoms with E-state index in [0.717, 1.165) is 0 Å². The number of hydrogen-bond acceptors (Lipinski definition) is 4. The van der Waals surface area contributed by atoms with Crippen LogP contribution in [-0.2, 0) is 16.1 Å². The summed E-state index contributed by atoms with van der Waals surface area (Å²) in [5.74, 6) is 0.303. The number of aromatic nitrogens is 2. The highest BCUT2D eigenvalue weighted by molar-refractivity contribution is 5.76. The van der Waals surface area contributed by atoms with Gasteiger partial charge in [0, 0.05) is 44.9 Å². The van der Waals surface area contributed by atoms with Crippen LogP contribution in [-0.4, -0.2) is 63.4 Å². The van der Waals surface area contributed by atoms with Crippen LogP contribution in [0.25, 0.3) is 0 Å². The van der Waals surface area contributed by atoms with Crippen molar-refractivity contribution in [1.82, 2.24) is 19.6 Å². The molecule has 1 spiro atoms. The standard InChI is InChI=1S/C21H26N4O3/c1-17(18-6-3-2-4-7-18)14-24-16-21(28-20(24)27)8-12-23(13-9-21)19(26)15-25-11-5-10-22-25/h2-7,10-11,17H,8-9,12-16H2,1H3/t17-/m1/s1. The lowest BCUT2D eigenvalue weighted by molar-refractivity contribution is -0.135. The number of carbonyl (C=O) groups excluding carboxylic acids is 2. The van der Waals surface area contributed by atoms with E-state index >= 15 is 0 Å². The lowest BCUT2D eigenvalue weighted by Crippen LogP contribution is -2.49. The smallest absolute Gasteiger partial charge is 0.410 e. The summed E-state index contributed by atoms with van der Waals surface area (Å²) in [5, 5.41) is 4.09. The van der Waals surface area contributed by atoms with Gasteiger partial charge in [-0.3, -0.25) is 9.48 Å². The van der Waals surface area contributed by atoms with Gasteiger partial charge in [-0.25, -0.2) is 4.79 Å². The number of benzene rings is 1. The number of likely N-dealkylation sites (tertiary alicyclic amines) is 1. The molecule has 0 unspecified atom stereocenters. The minimum Gasteiger partial charge on any atom is -0.441 e. The molecule has 1 atom stereocenters. The molecule has 148 valence electrons. The first kappa shape index (κ1) is 18.5. The Morgan fingerprint density at radius 3 is 2.64 bits per heavy atom. The van der Waals surface area contributed by atoms with E-state index in [1.165, 1.54) is 5.56 Å². The molecule has 2 amide bonds. The Kier molecular flexibility index (Phi) is 5.07. The molecule has 2 saturated heterocycles. The molecule has 1 aromatic carbocycles. The quantitative estimate of drug-likeness (QED) is 0.797. The molecule has 2 aromatic rings. The zero-order valence-electron chi connectivity index (χ0n) is 16.2. The summed E-state index contributed by atoms with van der Waals surface area (Å²) in [6, 6.07) is 12.0. The summed E-state index contributed by atoms with van der Waals surface area (Å²) in [6.07, 6.45) is 4.58.